The zero-order valence-corrected chi connectivity index (χ0v) is 11.9. The molecule has 1 N–H and O–H groups in total. The number of nitrogens with zero attached hydrogens (tertiary/aromatic N) is 1. The number of para-hydroxylation sites is 1. The van der Waals surface area contributed by atoms with Gasteiger partial charge in [-0.25, -0.2) is 8.42 Å². The highest BCUT2D eigenvalue weighted by Crippen LogP contribution is 2.20. The second-order valence-corrected chi connectivity index (χ2v) is 6.99. The van der Waals surface area contributed by atoms with Crippen LogP contribution in [0.15, 0.2) is 24.3 Å². The summed E-state index contributed by atoms with van der Waals surface area (Å²) in [5.41, 5.74) is 1.34. The maximum Gasteiger partial charge on any atom is 0.256 e. The molecule has 0 aliphatic carbocycles. The van der Waals surface area contributed by atoms with Crippen LogP contribution in [0.4, 0.5) is 5.69 Å². The second-order valence-electron chi connectivity index (χ2n) is 4.76. The summed E-state index contributed by atoms with van der Waals surface area (Å²) in [7, 11) is -1.25. The molecule has 1 unspecified atom stereocenters. The molecule has 1 saturated heterocycles. The summed E-state index contributed by atoms with van der Waals surface area (Å²) in [4.78, 5) is 14.1. The van der Waals surface area contributed by atoms with Crippen molar-refractivity contribution in [2.45, 2.75) is 13.0 Å². The lowest BCUT2D eigenvalue weighted by atomic mass is 10.1. The van der Waals surface area contributed by atoms with Crippen molar-refractivity contribution >= 4 is 21.4 Å². The van der Waals surface area contributed by atoms with E-state index in [-0.39, 0.29) is 30.0 Å². The van der Waals surface area contributed by atoms with Crippen molar-refractivity contribution < 1.29 is 13.2 Å². The van der Waals surface area contributed by atoms with Gasteiger partial charge in [0.2, 0.25) is 0 Å². The Kier molecular flexibility index (Phi) is 3.80. The lowest BCUT2D eigenvalue weighted by molar-refractivity contribution is 0.0713. The Balaban J connectivity index is 2.25. The molecule has 0 spiro atoms. The predicted molar refractivity (Wildman–Crippen MR) is 75.1 cm³/mol. The van der Waals surface area contributed by atoms with Gasteiger partial charge in [-0.3, -0.25) is 4.79 Å². The first kappa shape index (κ1) is 13.9. The summed E-state index contributed by atoms with van der Waals surface area (Å²) >= 11 is 0. The number of anilines is 1. The van der Waals surface area contributed by atoms with E-state index < -0.39 is 9.84 Å². The van der Waals surface area contributed by atoms with E-state index >= 15 is 0 Å². The molecule has 1 atom stereocenters. The number of amides is 1. The summed E-state index contributed by atoms with van der Waals surface area (Å²) in [6.45, 7) is 2.04. The summed E-state index contributed by atoms with van der Waals surface area (Å²) in [5.74, 6) is -0.0296. The van der Waals surface area contributed by atoms with Crippen molar-refractivity contribution in [1.29, 1.82) is 0 Å². The van der Waals surface area contributed by atoms with Crippen molar-refractivity contribution in [3.63, 3.8) is 0 Å². The van der Waals surface area contributed by atoms with Gasteiger partial charge in [0.1, 0.15) is 0 Å². The molecule has 1 aromatic carbocycles. The molecule has 104 valence electrons. The highest BCUT2D eigenvalue weighted by Gasteiger charge is 2.32. The van der Waals surface area contributed by atoms with Crippen LogP contribution in [-0.4, -0.2) is 50.4 Å². The number of carbonyl (C=O) groups is 1. The Morgan fingerprint density at radius 2 is 2.05 bits per heavy atom. The Bertz CT molecular complexity index is 583. The third kappa shape index (κ3) is 2.89. The Labute approximate surface area is 113 Å². The molecule has 19 heavy (non-hydrogen) atoms. The van der Waals surface area contributed by atoms with Crippen molar-refractivity contribution in [3.05, 3.63) is 29.8 Å². The van der Waals surface area contributed by atoms with Crippen molar-refractivity contribution in [2.24, 2.45) is 0 Å². The zero-order valence-electron chi connectivity index (χ0n) is 11.1. The lowest BCUT2D eigenvalue weighted by Gasteiger charge is -2.33. The molecule has 1 aliphatic rings. The van der Waals surface area contributed by atoms with Gasteiger partial charge in [-0.2, -0.15) is 0 Å². The fourth-order valence-corrected chi connectivity index (χ4v) is 3.90. The van der Waals surface area contributed by atoms with Crippen LogP contribution in [0.1, 0.15) is 17.3 Å². The highest BCUT2D eigenvalue weighted by molar-refractivity contribution is 7.91. The minimum absolute atomic E-state index is 0.0421. The van der Waals surface area contributed by atoms with Crippen molar-refractivity contribution in [1.82, 2.24) is 4.90 Å². The fraction of sp³-hybridized carbons (Fsp3) is 0.462. The van der Waals surface area contributed by atoms with Crippen LogP contribution >= 0.6 is 0 Å². The molecule has 1 aliphatic heterocycles. The van der Waals surface area contributed by atoms with Crippen LogP contribution in [0.3, 0.4) is 0 Å². The van der Waals surface area contributed by atoms with Crippen LogP contribution in [0, 0.1) is 0 Å². The molecular weight excluding hydrogens is 264 g/mol. The number of benzene rings is 1. The first-order valence-corrected chi connectivity index (χ1v) is 8.05. The van der Waals surface area contributed by atoms with Crippen LogP contribution in [-0.2, 0) is 9.84 Å². The van der Waals surface area contributed by atoms with Gasteiger partial charge in [-0.1, -0.05) is 12.1 Å². The second kappa shape index (κ2) is 5.21. The number of sulfone groups is 1. The number of hydrogen-bond donors (Lipinski definition) is 1. The largest absolute Gasteiger partial charge is 0.387 e. The third-order valence-corrected chi connectivity index (χ3v) is 5.15. The third-order valence-electron chi connectivity index (χ3n) is 3.36. The van der Waals surface area contributed by atoms with Gasteiger partial charge in [-0.15, -0.1) is 0 Å². The molecular formula is C13H18N2O3S. The Morgan fingerprint density at radius 1 is 1.37 bits per heavy atom. The highest BCUT2D eigenvalue weighted by atomic mass is 32.2. The van der Waals surface area contributed by atoms with E-state index in [2.05, 4.69) is 5.32 Å². The number of hydrogen-bond acceptors (Lipinski definition) is 4. The molecule has 1 fully saturated rings. The fourth-order valence-electron chi connectivity index (χ4n) is 2.34. The number of nitrogens with one attached hydrogen (secondary N) is 1. The summed E-state index contributed by atoms with van der Waals surface area (Å²) in [6, 6.07) is 6.96. The van der Waals surface area contributed by atoms with Gasteiger partial charge in [0, 0.05) is 25.3 Å². The van der Waals surface area contributed by atoms with E-state index in [0.717, 1.165) is 5.69 Å². The minimum Gasteiger partial charge on any atom is -0.387 e. The quantitative estimate of drug-likeness (QED) is 0.878. The van der Waals surface area contributed by atoms with E-state index in [1.54, 1.807) is 31.0 Å². The smallest absolute Gasteiger partial charge is 0.256 e. The molecule has 6 heteroatoms. The van der Waals surface area contributed by atoms with Crippen LogP contribution in [0.2, 0.25) is 0 Å². The van der Waals surface area contributed by atoms with Crippen LogP contribution < -0.4 is 5.32 Å². The van der Waals surface area contributed by atoms with Gasteiger partial charge in [0.15, 0.2) is 9.84 Å². The zero-order chi connectivity index (χ0) is 14.0. The Morgan fingerprint density at radius 3 is 2.68 bits per heavy atom. The van der Waals surface area contributed by atoms with Crippen LogP contribution in [0.5, 0.6) is 0 Å². The SMILES string of the molecule is CNc1ccccc1C(=O)N1CCS(=O)(=O)CC1C. The number of carbonyl (C=O) groups excluding carboxylic acids is 1. The molecule has 0 aromatic heterocycles. The maximum atomic E-state index is 12.5. The average Bonchev–Trinajstić information content (AvgIpc) is 2.37. The molecule has 0 bridgehead atoms. The Hall–Kier alpha value is -1.56. The van der Waals surface area contributed by atoms with Gasteiger partial charge in [0.05, 0.1) is 17.1 Å². The van der Waals surface area contributed by atoms with E-state index in [9.17, 15) is 13.2 Å². The standard InChI is InChI=1S/C13H18N2O3S/c1-10-9-19(17,18)8-7-15(10)13(16)11-5-3-4-6-12(11)14-2/h3-6,10,14H,7-9H2,1-2H3. The first-order valence-electron chi connectivity index (χ1n) is 6.23. The normalized spacial score (nSPS) is 22.0. The van der Waals surface area contributed by atoms with E-state index in [1.807, 2.05) is 12.1 Å². The predicted octanol–water partition coefficient (Wildman–Crippen LogP) is 0.987. The summed E-state index contributed by atoms with van der Waals surface area (Å²) < 4.78 is 23.1. The van der Waals surface area contributed by atoms with E-state index in [0.29, 0.717) is 5.56 Å². The summed E-state index contributed by atoms with van der Waals surface area (Å²) in [6.07, 6.45) is 0. The summed E-state index contributed by atoms with van der Waals surface area (Å²) in [5, 5.41) is 2.98. The van der Waals surface area contributed by atoms with Gasteiger partial charge in [0.25, 0.3) is 5.91 Å². The van der Waals surface area contributed by atoms with Gasteiger partial charge in [-0.05, 0) is 19.1 Å². The van der Waals surface area contributed by atoms with Crippen molar-refractivity contribution in [2.75, 3.05) is 30.4 Å². The minimum atomic E-state index is -3.01. The van der Waals surface area contributed by atoms with Crippen LogP contribution in [0.25, 0.3) is 0 Å². The topological polar surface area (TPSA) is 66.5 Å². The molecule has 5 nitrogen and oxygen atoms in total. The van der Waals surface area contributed by atoms with Gasteiger partial charge >= 0.3 is 0 Å². The molecule has 1 heterocycles. The first-order chi connectivity index (χ1) is 8.94. The van der Waals surface area contributed by atoms with E-state index in [1.165, 1.54) is 0 Å². The average molecular weight is 282 g/mol. The molecule has 0 radical (unpaired) electrons. The lowest BCUT2D eigenvalue weighted by Crippen LogP contribution is -2.49. The van der Waals surface area contributed by atoms with E-state index in [4.69, 9.17) is 0 Å². The van der Waals surface area contributed by atoms with Crippen molar-refractivity contribution in [3.8, 4) is 0 Å². The molecule has 1 aromatic rings. The molecule has 2 rings (SSSR count). The number of rotatable bonds is 2. The maximum absolute atomic E-state index is 12.5. The molecule has 1 amide bonds. The molecule has 0 saturated carbocycles. The monoisotopic (exact) mass is 282 g/mol. The van der Waals surface area contributed by atoms with Gasteiger partial charge < -0.3 is 10.2 Å².